The molecule has 0 aliphatic carbocycles. The molecule has 0 fully saturated rings. The van der Waals surface area contributed by atoms with E-state index in [4.69, 9.17) is 9.47 Å². The SMILES string of the molecule is COc1ccc(-c2nnc(NC(=O)c3ccc(C(C)(C)C)cc3)s2)c(OC)c1. The Labute approximate surface area is 168 Å². The number of carbonyl (C=O) groups excluding carboxylic acids is 1. The van der Waals surface area contributed by atoms with Gasteiger partial charge in [0.25, 0.3) is 5.91 Å². The zero-order valence-corrected chi connectivity index (χ0v) is 17.4. The van der Waals surface area contributed by atoms with Gasteiger partial charge in [-0.3, -0.25) is 10.1 Å². The van der Waals surface area contributed by atoms with Crippen molar-refractivity contribution in [2.45, 2.75) is 26.2 Å². The Morgan fingerprint density at radius 2 is 1.71 bits per heavy atom. The van der Waals surface area contributed by atoms with Gasteiger partial charge in [-0.15, -0.1) is 10.2 Å². The summed E-state index contributed by atoms with van der Waals surface area (Å²) in [7, 11) is 3.18. The molecule has 3 aromatic rings. The van der Waals surface area contributed by atoms with Crippen LogP contribution in [0, 0.1) is 0 Å². The van der Waals surface area contributed by atoms with Crippen molar-refractivity contribution in [2.24, 2.45) is 0 Å². The minimum atomic E-state index is -0.218. The molecule has 1 heterocycles. The van der Waals surface area contributed by atoms with Gasteiger partial charge >= 0.3 is 0 Å². The molecular formula is C21H23N3O3S. The molecule has 1 N–H and O–H groups in total. The van der Waals surface area contributed by atoms with E-state index < -0.39 is 0 Å². The van der Waals surface area contributed by atoms with E-state index in [1.165, 1.54) is 16.9 Å². The first-order valence-electron chi connectivity index (χ1n) is 8.79. The molecule has 1 amide bonds. The molecular weight excluding hydrogens is 374 g/mol. The molecule has 2 aromatic carbocycles. The van der Waals surface area contributed by atoms with Gasteiger partial charge in [-0.1, -0.05) is 44.2 Å². The van der Waals surface area contributed by atoms with Crippen LogP contribution >= 0.6 is 11.3 Å². The van der Waals surface area contributed by atoms with E-state index in [1.54, 1.807) is 20.3 Å². The van der Waals surface area contributed by atoms with Gasteiger partial charge in [0.15, 0.2) is 5.01 Å². The Balaban J connectivity index is 1.77. The van der Waals surface area contributed by atoms with E-state index >= 15 is 0 Å². The number of hydrogen-bond donors (Lipinski definition) is 1. The number of ether oxygens (including phenoxy) is 2. The van der Waals surface area contributed by atoms with Crippen molar-refractivity contribution >= 4 is 22.4 Å². The van der Waals surface area contributed by atoms with Crippen LogP contribution in [0.2, 0.25) is 0 Å². The Bertz CT molecular complexity index is 975. The van der Waals surface area contributed by atoms with E-state index in [-0.39, 0.29) is 11.3 Å². The summed E-state index contributed by atoms with van der Waals surface area (Å²) in [6, 6.07) is 13.1. The molecule has 146 valence electrons. The van der Waals surface area contributed by atoms with Crippen LogP contribution in [-0.4, -0.2) is 30.3 Å². The Hall–Kier alpha value is -2.93. The van der Waals surface area contributed by atoms with Crippen molar-refractivity contribution in [1.82, 2.24) is 10.2 Å². The molecule has 0 aliphatic rings. The van der Waals surface area contributed by atoms with Gasteiger partial charge in [-0.2, -0.15) is 0 Å². The molecule has 7 heteroatoms. The van der Waals surface area contributed by atoms with E-state index in [2.05, 4.69) is 36.3 Å². The topological polar surface area (TPSA) is 73.3 Å². The molecule has 3 rings (SSSR count). The van der Waals surface area contributed by atoms with Crippen LogP contribution in [0.5, 0.6) is 11.5 Å². The van der Waals surface area contributed by atoms with Crippen molar-refractivity contribution < 1.29 is 14.3 Å². The lowest BCUT2D eigenvalue weighted by atomic mass is 9.87. The minimum Gasteiger partial charge on any atom is -0.497 e. The number of benzene rings is 2. The largest absolute Gasteiger partial charge is 0.497 e. The highest BCUT2D eigenvalue weighted by atomic mass is 32.1. The number of nitrogens with one attached hydrogen (secondary N) is 1. The van der Waals surface area contributed by atoms with Crippen LogP contribution in [0.25, 0.3) is 10.6 Å². The number of amides is 1. The fourth-order valence-electron chi connectivity index (χ4n) is 2.65. The first kappa shape index (κ1) is 19.8. The highest BCUT2D eigenvalue weighted by Crippen LogP contribution is 2.36. The van der Waals surface area contributed by atoms with Gasteiger partial charge in [0.2, 0.25) is 5.13 Å². The smallest absolute Gasteiger partial charge is 0.257 e. The molecule has 0 unspecified atom stereocenters. The minimum absolute atomic E-state index is 0.0422. The number of anilines is 1. The molecule has 0 atom stereocenters. The van der Waals surface area contributed by atoms with Gasteiger partial charge in [-0.05, 0) is 35.2 Å². The normalized spacial score (nSPS) is 11.2. The standard InChI is InChI=1S/C21H23N3O3S/c1-21(2,3)14-8-6-13(7-9-14)18(25)22-20-24-23-19(28-20)16-11-10-15(26-4)12-17(16)27-5/h6-12H,1-5H3,(H,22,24,25). The second-order valence-corrected chi connectivity index (χ2v) is 8.24. The molecule has 28 heavy (non-hydrogen) atoms. The summed E-state index contributed by atoms with van der Waals surface area (Å²) in [4.78, 5) is 12.5. The van der Waals surface area contributed by atoms with Crippen LogP contribution in [-0.2, 0) is 5.41 Å². The molecule has 0 saturated carbocycles. The highest BCUT2D eigenvalue weighted by Gasteiger charge is 2.17. The summed E-state index contributed by atoms with van der Waals surface area (Å²) in [5.74, 6) is 1.10. The summed E-state index contributed by atoms with van der Waals surface area (Å²) in [5, 5.41) is 12.1. The van der Waals surface area contributed by atoms with Crippen LogP contribution in [0.15, 0.2) is 42.5 Å². The molecule has 0 spiro atoms. The number of methoxy groups -OCH3 is 2. The Kier molecular flexibility index (Phi) is 5.65. The third-order valence-electron chi connectivity index (χ3n) is 4.30. The maximum Gasteiger partial charge on any atom is 0.257 e. The van der Waals surface area contributed by atoms with Crippen molar-refractivity contribution in [3.8, 4) is 22.1 Å². The molecule has 0 saturated heterocycles. The first-order valence-corrected chi connectivity index (χ1v) is 9.61. The second-order valence-electron chi connectivity index (χ2n) is 7.26. The number of nitrogens with zero attached hydrogens (tertiary/aromatic N) is 2. The number of aromatic nitrogens is 2. The predicted octanol–water partition coefficient (Wildman–Crippen LogP) is 4.77. The van der Waals surface area contributed by atoms with Gasteiger partial charge in [0, 0.05) is 11.6 Å². The van der Waals surface area contributed by atoms with Crippen molar-refractivity contribution in [3.05, 3.63) is 53.6 Å². The van der Waals surface area contributed by atoms with E-state index in [9.17, 15) is 4.79 Å². The Morgan fingerprint density at radius 1 is 1.00 bits per heavy atom. The summed E-state index contributed by atoms with van der Waals surface area (Å²) < 4.78 is 10.6. The third kappa shape index (κ3) is 4.31. The van der Waals surface area contributed by atoms with Crippen LogP contribution in [0.4, 0.5) is 5.13 Å². The van der Waals surface area contributed by atoms with E-state index in [0.29, 0.717) is 27.2 Å². The van der Waals surface area contributed by atoms with Crippen LogP contribution in [0.3, 0.4) is 0 Å². The van der Waals surface area contributed by atoms with Crippen LogP contribution < -0.4 is 14.8 Å². The lowest BCUT2D eigenvalue weighted by molar-refractivity contribution is 0.102. The lowest BCUT2D eigenvalue weighted by Crippen LogP contribution is -2.14. The zero-order chi connectivity index (χ0) is 20.3. The molecule has 1 aromatic heterocycles. The van der Waals surface area contributed by atoms with Gasteiger partial charge < -0.3 is 9.47 Å². The Morgan fingerprint density at radius 3 is 2.32 bits per heavy atom. The van der Waals surface area contributed by atoms with Crippen LogP contribution in [0.1, 0.15) is 36.7 Å². The maximum atomic E-state index is 12.5. The lowest BCUT2D eigenvalue weighted by Gasteiger charge is -2.18. The van der Waals surface area contributed by atoms with E-state index in [0.717, 1.165) is 5.56 Å². The zero-order valence-electron chi connectivity index (χ0n) is 16.6. The molecule has 0 aliphatic heterocycles. The fourth-order valence-corrected chi connectivity index (χ4v) is 3.42. The number of carbonyl (C=O) groups is 1. The van der Waals surface area contributed by atoms with E-state index in [1.807, 2.05) is 36.4 Å². The van der Waals surface area contributed by atoms with Gasteiger partial charge in [0.1, 0.15) is 11.5 Å². The predicted molar refractivity (Wildman–Crippen MR) is 112 cm³/mol. The van der Waals surface area contributed by atoms with Crippen molar-refractivity contribution in [1.29, 1.82) is 0 Å². The number of rotatable bonds is 5. The summed E-state index contributed by atoms with van der Waals surface area (Å²) >= 11 is 1.28. The number of hydrogen-bond acceptors (Lipinski definition) is 6. The third-order valence-corrected chi connectivity index (χ3v) is 5.17. The molecule has 0 radical (unpaired) electrons. The van der Waals surface area contributed by atoms with Gasteiger partial charge in [0.05, 0.1) is 19.8 Å². The summed E-state index contributed by atoms with van der Waals surface area (Å²) in [5.41, 5.74) is 2.58. The molecule has 0 bridgehead atoms. The first-order chi connectivity index (χ1) is 13.3. The summed E-state index contributed by atoms with van der Waals surface area (Å²) in [6.07, 6.45) is 0. The fraction of sp³-hybridized carbons (Fsp3) is 0.286. The quantitative estimate of drug-likeness (QED) is 0.671. The van der Waals surface area contributed by atoms with Gasteiger partial charge in [-0.25, -0.2) is 0 Å². The van der Waals surface area contributed by atoms with Crippen molar-refractivity contribution in [2.75, 3.05) is 19.5 Å². The second kappa shape index (κ2) is 7.98. The highest BCUT2D eigenvalue weighted by molar-refractivity contribution is 7.18. The maximum absolute atomic E-state index is 12.5. The summed E-state index contributed by atoms with van der Waals surface area (Å²) in [6.45, 7) is 6.41. The average Bonchev–Trinajstić information content (AvgIpc) is 3.15. The average molecular weight is 398 g/mol. The van der Waals surface area contributed by atoms with Crippen molar-refractivity contribution in [3.63, 3.8) is 0 Å². The monoisotopic (exact) mass is 397 g/mol. The molecule has 6 nitrogen and oxygen atoms in total.